The Kier molecular flexibility index (Phi) is 20.4. The van der Waals surface area contributed by atoms with Crippen LogP contribution in [0.5, 0.6) is 0 Å². The van der Waals surface area contributed by atoms with Crippen LogP contribution < -0.4 is 5.73 Å². The zero-order valence-electron chi connectivity index (χ0n) is 52.5. The molecule has 1 saturated heterocycles. The summed E-state index contributed by atoms with van der Waals surface area (Å²) in [5.74, 6) is 0.690. The summed E-state index contributed by atoms with van der Waals surface area (Å²) in [6.45, 7) is 63.6. The third kappa shape index (κ3) is 16.0. The molecule has 76 heavy (non-hydrogen) atoms. The van der Waals surface area contributed by atoms with E-state index in [9.17, 15) is 0 Å². The van der Waals surface area contributed by atoms with Crippen LogP contribution in [0.3, 0.4) is 0 Å². The summed E-state index contributed by atoms with van der Waals surface area (Å²) < 4.78 is 75.5. The van der Waals surface area contributed by atoms with Crippen LogP contribution in [0, 0.1) is 35.4 Å². The smallest absolute Gasteiger partial charge is 0.382 e. The van der Waals surface area contributed by atoms with Crippen molar-refractivity contribution in [2.45, 2.75) is 266 Å². The van der Waals surface area contributed by atoms with Gasteiger partial charge in [0.25, 0.3) is 0 Å². The molecule has 4 atom stereocenters. The van der Waals surface area contributed by atoms with Gasteiger partial charge in [-0.05, 0) is 150 Å². The summed E-state index contributed by atoms with van der Waals surface area (Å²) in [4.78, 5) is 15.6. The van der Waals surface area contributed by atoms with Gasteiger partial charge in [-0.2, -0.15) is 0 Å². The number of hydrogen-bond donors (Lipinski definition) is 1. The Bertz CT molecular complexity index is 2320. The van der Waals surface area contributed by atoms with Crippen molar-refractivity contribution in [2.24, 2.45) is 32.5 Å². The molecule has 0 amide bonds. The molecule has 4 heterocycles. The van der Waals surface area contributed by atoms with E-state index in [4.69, 9.17) is 65.3 Å². The highest BCUT2D eigenvalue weighted by atomic mass is 127. The molecule has 3 aromatic rings. The van der Waals surface area contributed by atoms with E-state index in [1.807, 2.05) is 16.7 Å². The Hall–Kier alpha value is -0.969. The van der Waals surface area contributed by atoms with Gasteiger partial charge >= 0.3 is 28.6 Å². The fourth-order valence-corrected chi connectivity index (χ4v) is 13.4. The van der Waals surface area contributed by atoms with Gasteiger partial charge in [-0.3, -0.25) is 4.57 Å². The molecule has 4 rings (SSSR count). The highest BCUT2D eigenvalue weighted by Gasteiger charge is 2.57. The number of nitrogens with two attached hydrogens (primary N) is 1. The predicted octanol–water partition coefficient (Wildman–Crippen LogP) is 14.4. The number of anilines is 1. The molecule has 0 aliphatic carbocycles. The zero-order valence-corrected chi connectivity index (χ0v) is 58.5. The number of fused-ring (bicyclic) bond motifs is 1. The first-order valence-electron chi connectivity index (χ1n) is 26.9. The monoisotopic (exact) mass is 1250 g/mol. The van der Waals surface area contributed by atoms with Gasteiger partial charge in [0.15, 0.2) is 23.5 Å². The lowest BCUT2D eigenvalue weighted by Crippen LogP contribution is -2.56. The van der Waals surface area contributed by atoms with Gasteiger partial charge in [0, 0.05) is 0 Å². The molecule has 15 nitrogen and oxygen atoms in total. The van der Waals surface area contributed by atoms with Crippen molar-refractivity contribution in [1.29, 1.82) is 0 Å². The summed E-state index contributed by atoms with van der Waals surface area (Å²) in [5, 5.41) is 0. The van der Waals surface area contributed by atoms with Crippen LogP contribution in [-0.4, -0.2) is 107 Å². The van der Waals surface area contributed by atoms with Crippen LogP contribution in [0.1, 0.15) is 214 Å². The van der Waals surface area contributed by atoms with Gasteiger partial charge in [0.1, 0.15) is 23.8 Å². The summed E-state index contributed by atoms with van der Waals surface area (Å²) in [7, 11) is -8.05. The van der Waals surface area contributed by atoms with Gasteiger partial charge < -0.3 is 50.3 Å². The minimum atomic E-state index is -2.76. The Morgan fingerprint density at radius 1 is 0.526 bits per heavy atom. The van der Waals surface area contributed by atoms with Crippen LogP contribution in [0.2, 0.25) is 0 Å². The second-order valence-electron chi connectivity index (χ2n) is 29.8. The van der Waals surface area contributed by atoms with Crippen molar-refractivity contribution in [3.8, 4) is 10.7 Å². The van der Waals surface area contributed by atoms with E-state index >= 15 is 0 Å². The van der Waals surface area contributed by atoms with E-state index in [2.05, 4.69) is 230 Å². The predicted molar refractivity (Wildman–Crippen MR) is 320 cm³/mol. The minimum absolute atomic E-state index is 0.0381. The molecule has 3 radical (unpaired) electrons. The molecule has 1 aliphatic heterocycles. The summed E-state index contributed by atoms with van der Waals surface area (Å²) >= 11 is 3.87. The first kappa shape index (κ1) is 67.5. The van der Waals surface area contributed by atoms with Crippen LogP contribution in [0.4, 0.5) is 5.82 Å². The van der Waals surface area contributed by atoms with Crippen molar-refractivity contribution < 1.29 is 44.6 Å². The second-order valence-corrected chi connectivity index (χ2v) is 36.3. The first-order chi connectivity index (χ1) is 33.7. The molecule has 1 unspecified atom stereocenters. The molecule has 0 bridgehead atoms. The Morgan fingerprint density at radius 2 is 0.882 bits per heavy atom. The molecule has 0 saturated carbocycles. The number of thiophene rings is 1. The number of ether oxygens (including phenoxy) is 1. The van der Waals surface area contributed by atoms with Crippen LogP contribution in [0.25, 0.3) is 21.9 Å². The van der Waals surface area contributed by atoms with E-state index in [0.29, 0.717) is 17.0 Å². The SMILES string of the molecule is CC(C)(C)C(C)(C)O[Si](OC[C@H]1OC(n2cnc3c(N)nc(-c4ccc(I)s4)nc32)[C@H](O[Si](OC(C)(C)C(C)(C)C)OC(C)(C)C(C)(C)C)[C@@H]1O[Si](OC(C)(C)C(C)(C)C)OC(C)(C)C(C)(C)C)OC(C)(C)C(C)(C)C. The molecule has 0 aromatic carbocycles. The molecule has 1 fully saturated rings. The van der Waals surface area contributed by atoms with Crippen molar-refractivity contribution in [2.75, 3.05) is 12.3 Å². The number of hydrogen-bond acceptors (Lipinski definition) is 15. The summed E-state index contributed by atoms with van der Waals surface area (Å²) in [6, 6.07) is 4.02. The van der Waals surface area contributed by atoms with Crippen molar-refractivity contribution in [1.82, 2.24) is 19.5 Å². The van der Waals surface area contributed by atoms with Crippen LogP contribution in [-0.2, 0) is 44.6 Å². The third-order valence-electron chi connectivity index (χ3n) is 17.5. The second kappa shape index (κ2) is 23.0. The molecule has 435 valence electrons. The van der Waals surface area contributed by atoms with Gasteiger partial charge in [0.2, 0.25) is 0 Å². The van der Waals surface area contributed by atoms with Gasteiger partial charge in [0.05, 0.1) is 54.3 Å². The molecule has 20 heteroatoms. The van der Waals surface area contributed by atoms with E-state index in [0.717, 1.165) is 7.76 Å². The highest BCUT2D eigenvalue weighted by Crippen LogP contribution is 2.45. The van der Waals surface area contributed by atoms with Crippen LogP contribution >= 0.6 is 33.9 Å². The van der Waals surface area contributed by atoms with E-state index in [1.165, 1.54) is 0 Å². The highest BCUT2D eigenvalue weighted by molar-refractivity contribution is 14.1. The quantitative estimate of drug-likeness (QED) is 0.0792. The number of nitrogens with zero attached hydrogens (tertiary/aromatic N) is 4. The fourth-order valence-electron chi connectivity index (χ4n) is 5.76. The summed E-state index contributed by atoms with van der Waals surface area (Å²) in [5.41, 5.74) is 1.48. The van der Waals surface area contributed by atoms with E-state index in [-0.39, 0.29) is 44.9 Å². The first-order valence-corrected chi connectivity index (χ1v) is 32.4. The van der Waals surface area contributed by atoms with Crippen molar-refractivity contribution >= 4 is 79.5 Å². The third-order valence-corrected chi connectivity index (χ3v) is 24.8. The normalized spacial score (nSPS) is 19.9. The summed E-state index contributed by atoms with van der Waals surface area (Å²) in [6.07, 6.45) is -2.14. The maximum atomic E-state index is 7.58. The van der Waals surface area contributed by atoms with E-state index in [1.54, 1.807) is 17.7 Å². The number of rotatable bonds is 21. The molecular formula is C56H101IN5O10SSi3. The van der Waals surface area contributed by atoms with Gasteiger partial charge in [-0.15, -0.1) is 11.3 Å². The average Bonchev–Trinajstić information content (AvgIpc) is 3.90. The number of imidazole rings is 1. The van der Waals surface area contributed by atoms with Gasteiger partial charge in [-0.1, -0.05) is 125 Å². The molecule has 3 aromatic heterocycles. The number of aromatic nitrogens is 4. The lowest BCUT2D eigenvalue weighted by Gasteiger charge is -2.46. The Labute approximate surface area is 483 Å². The Morgan fingerprint density at radius 3 is 1.22 bits per heavy atom. The number of halogens is 1. The maximum absolute atomic E-state index is 7.58. The van der Waals surface area contributed by atoms with Crippen molar-refractivity contribution in [3.63, 3.8) is 0 Å². The molecular weight excluding hydrogens is 1150 g/mol. The number of nitrogen functional groups attached to an aromatic ring is 1. The zero-order chi connectivity index (χ0) is 58.8. The average molecular weight is 1250 g/mol. The lowest BCUT2D eigenvalue weighted by atomic mass is 9.79. The van der Waals surface area contributed by atoms with E-state index < -0.39 is 86.7 Å². The topological polar surface area (TPSA) is 162 Å². The lowest BCUT2D eigenvalue weighted by molar-refractivity contribution is -0.133. The van der Waals surface area contributed by atoms with Crippen LogP contribution in [0.15, 0.2) is 18.5 Å². The minimum Gasteiger partial charge on any atom is -0.382 e. The van der Waals surface area contributed by atoms with Gasteiger partial charge in [-0.25, -0.2) is 15.0 Å². The standard InChI is InChI=1S/C56H101IN5O10SSi3/c1-45(2,3)51(19,20)67-74(68-52(21,22)46(4,5)6)63-33-35-39(65-75(69-53(23,24)47(7,8)9)70-54(25,26)48(10,11)12)40(66-76(71-55(27,28)49(13,14)15)72-56(29,30)50(16,17)18)44(64-35)62-34-59-38-41(58)60-42(61-43(38)62)36-31-32-37(57)73-36/h31-32,34-35,39-40,44H,33H2,1-30H3,(H2,58,60,61)/t35-,39-,40-,44?/m1/s1. The maximum Gasteiger partial charge on any atom is 0.579 e. The molecule has 1 aliphatic rings. The molecule has 0 spiro atoms. The largest absolute Gasteiger partial charge is 0.579 e. The Balaban J connectivity index is 2.12. The molecule has 2 N–H and O–H groups in total. The fraction of sp³-hybridized carbons (Fsp3) is 0.839. The van der Waals surface area contributed by atoms with Crippen molar-refractivity contribution in [3.05, 3.63) is 21.3 Å².